The minimum atomic E-state index is -3.58. The summed E-state index contributed by atoms with van der Waals surface area (Å²) in [5.41, 5.74) is 0. The molecule has 1 aromatic carbocycles. The lowest BCUT2D eigenvalue weighted by molar-refractivity contribution is 0.555. The van der Waals surface area contributed by atoms with Gasteiger partial charge in [0.2, 0.25) is 10.0 Å². The van der Waals surface area contributed by atoms with Crippen LogP contribution in [0.25, 0.3) is 16.8 Å². The maximum absolute atomic E-state index is 12.6. The molecule has 7 heteroatoms. The van der Waals surface area contributed by atoms with Crippen molar-refractivity contribution in [3.05, 3.63) is 66.9 Å². The number of aromatic nitrogens is 1. The monoisotopic (exact) mass is 371 g/mol. The number of pyridine rings is 1. The molecule has 3 aromatic rings. The molecule has 0 bridgehead atoms. The SMILES string of the molecule is CC(/C=C/c1ccco1)NCCNS(=O)(=O)c1cccc2cnccc12. The number of sulfonamides is 1. The van der Waals surface area contributed by atoms with Crippen LogP contribution in [0.15, 0.2) is 70.4 Å². The molecule has 1 atom stereocenters. The Bertz CT molecular complexity index is 977. The minimum absolute atomic E-state index is 0.0910. The molecule has 0 saturated heterocycles. The first-order chi connectivity index (χ1) is 12.6. The summed E-state index contributed by atoms with van der Waals surface area (Å²) in [5.74, 6) is 0.782. The Labute approximate surface area is 153 Å². The summed E-state index contributed by atoms with van der Waals surface area (Å²) >= 11 is 0. The number of nitrogens with zero attached hydrogens (tertiary/aromatic N) is 1. The van der Waals surface area contributed by atoms with Crippen LogP contribution in [-0.4, -0.2) is 32.5 Å². The van der Waals surface area contributed by atoms with Crippen LogP contribution in [0.3, 0.4) is 0 Å². The lowest BCUT2D eigenvalue weighted by Gasteiger charge is -2.12. The van der Waals surface area contributed by atoms with Crippen molar-refractivity contribution in [1.29, 1.82) is 0 Å². The summed E-state index contributed by atoms with van der Waals surface area (Å²) < 4.78 is 33.0. The highest BCUT2D eigenvalue weighted by atomic mass is 32.2. The topological polar surface area (TPSA) is 84.2 Å². The van der Waals surface area contributed by atoms with E-state index in [1.165, 1.54) is 0 Å². The highest BCUT2D eigenvalue weighted by Gasteiger charge is 2.16. The van der Waals surface area contributed by atoms with Crippen LogP contribution in [0.5, 0.6) is 0 Å². The summed E-state index contributed by atoms with van der Waals surface area (Å²) in [6.07, 6.45) is 8.71. The Morgan fingerprint density at radius 3 is 2.88 bits per heavy atom. The molecular formula is C19H21N3O3S. The van der Waals surface area contributed by atoms with Crippen molar-refractivity contribution in [2.45, 2.75) is 17.9 Å². The first kappa shape index (κ1) is 18.3. The predicted octanol–water partition coefficient (Wildman–Crippen LogP) is 2.80. The van der Waals surface area contributed by atoms with Crippen LogP contribution in [-0.2, 0) is 10.0 Å². The smallest absolute Gasteiger partial charge is 0.241 e. The van der Waals surface area contributed by atoms with Crippen LogP contribution in [0.1, 0.15) is 12.7 Å². The molecule has 2 N–H and O–H groups in total. The van der Waals surface area contributed by atoms with Crippen molar-refractivity contribution in [3.8, 4) is 0 Å². The second kappa shape index (κ2) is 8.27. The lowest BCUT2D eigenvalue weighted by atomic mass is 10.2. The van der Waals surface area contributed by atoms with Gasteiger partial charge in [-0.25, -0.2) is 13.1 Å². The molecule has 136 valence electrons. The van der Waals surface area contributed by atoms with Crippen LogP contribution in [0, 0.1) is 0 Å². The van der Waals surface area contributed by atoms with Gasteiger partial charge in [0, 0.05) is 42.3 Å². The molecule has 0 fully saturated rings. The van der Waals surface area contributed by atoms with Crippen molar-refractivity contribution in [2.75, 3.05) is 13.1 Å². The lowest BCUT2D eigenvalue weighted by Crippen LogP contribution is -2.35. The molecule has 6 nitrogen and oxygen atoms in total. The number of fused-ring (bicyclic) bond motifs is 1. The summed E-state index contributed by atoms with van der Waals surface area (Å²) in [6, 6.07) is 10.7. The van der Waals surface area contributed by atoms with E-state index in [4.69, 9.17) is 4.42 Å². The number of benzene rings is 1. The first-order valence-electron chi connectivity index (χ1n) is 8.34. The molecule has 26 heavy (non-hydrogen) atoms. The molecule has 0 amide bonds. The second-order valence-electron chi connectivity index (χ2n) is 5.87. The molecule has 0 aliphatic heterocycles. The summed E-state index contributed by atoms with van der Waals surface area (Å²) in [6.45, 7) is 2.80. The van der Waals surface area contributed by atoms with Gasteiger partial charge in [-0.05, 0) is 37.3 Å². The van der Waals surface area contributed by atoms with Gasteiger partial charge in [0.15, 0.2) is 0 Å². The maximum Gasteiger partial charge on any atom is 0.241 e. The molecular weight excluding hydrogens is 350 g/mol. The standard InChI is InChI=1S/C19H21N3O3S/c1-15(7-8-17-5-3-13-25-17)21-11-12-22-26(23,24)19-6-2-4-16-14-20-10-9-18(16)19/h2-10,13-15,21-22H,11-12H2,1H3/b8-7+. The van der Waals surface area contributed by atoms with Gasteiger partial charge in [-0.2, -0.15) is 0 Å². The van der Waals surface area contributed by atoms with Crippen LogP contribution < -0.4 is 10.0 Å². The maximum atomic E-state index is 12.6. The van der Waals surface area contributed by atoms with E-state index >= 15 is 0 Å². The van der Waals surface area contributed by atoms with E-state index in [1.807, 2.05) is 37.3 Å². The molecule has 0 spiro atoms. The second-order valence-corrected chi connectivity index (χ2v) is 7.60. The van der Waals surface area contributed by atoms with Gasteiger partial charge in [0.05, 0.1) is 11.2 Å². The fourth-order valence-corrected chi connectivity index (χ4v) is 3.84. The fraction of sp³-hybridized carbons (Fsp3) is 0.211. The van der Waals surface area contributed by atoms with Crippen molar-refractivity contribution < 1.29 is 12.8 Å². The third kappa shape index (κ3) is 4.57. The molecule has 2 heterocycles. The van der Waals surface area contributed by atoms with E-state index in [1.54, 1.807) is 36.9 Å². The summed E-state index contributed by atoms with van der Waals surface area (Å²) in [4.78, 5) is 4.30. The minimum Gasteiger partial charge on any atom is -0.465 e. The normalized spacial score (nSPS) is 13.4. The number of hydrogen-bond acceptors (Lipinski definition) is 5. The Kier molecular flexibility index (Phi) is 5.82. The molecule has 0 aliphatic rings. The average molecular weight is 371 g/mol. The Hall–Kier alpha value is -2.48. The van der Waals surface area contributed by atoms with E-state index in [-0.39, 0.29) is 10.9 Å². The van der Waals surface area contributed by atoms with Crippen molar-refractivity contribution in [1.82, 2.24) is 15.0 Å². The van der Waals surface area contributed by atoms with E-state index in [2.05, 4.69) is 15.0 Å². The van der Waals surface area contributed by atoms with Gasteiger partial charge >= 0.3 is 0 Å². The average Bonchev–Trinajstić information content (AvgIpc) is 3.17. The molecule has 3 rings (SSSR count). The van der Waals surface area contributed by atoms with E-state index < -0.39 is 10.0 Å². The molecule has 2 aromatic heterocycles. The summed E-state index contributed by atoms with van der Waals surface area (Å²) in [7, 11) is -3.58. The molecule has 0 radical (unpaired) electrons. The van der Waals surface area contributed by atoms with Crippen molar-refractivity contribution >= 4 is 26.9 Å². The van der Waals surface area contributed by atoms with Crippen molar-refractivity contribution in [3.63, 3.8) is 0 Å². The first-order valence-corrected chi connectivity index (χ1v) is 9.82. The van der Waals surface area contributed by atoms with E-state index in [9.17, 15) is 8.42 Å². The fourth-order valence-electron chi connectivity index (χ4n) is 2.58. The van der Waals surface area contributed by atoms with E-state index in [0.29, 0.717) is 18.5 Å². The van der Waals surface area contributed by atoms with Gasteiger partial charge in [-0.3, -0.25) is 4.98 Å². The van der Waals surface area contributed by atoms with Crippen LogP contribution in [0.4, 0.5) is 0 Å². The number of rotatable bonds is 8. The van der Waals surface area contributed by atoms with E-state index in [0.717, 1.165) is 11.1 Å². The largest absolute Gasteiger partial charge is 0.465 e. The number of hydrogen-bond donors (Lipinski definition) is 2. The third-order valence-electron chi connectivity index (χ3n) is 3.91. The Morgan fingerprint density at radius 1 is 1.19 bits per heavy atom. The van der Waals surface area contributed by atoms with Crippen LogP contribution >= 0.6 is 0 Å². The van der Waals surface area contributed by atoms with Crippen LogP contribution in [0.2, 0.25) is 0 Å². The third-order valence-corrected chi connectivity index (χ3v) is 5.43. The van der Waals surface area contributed by atoms with Gasteiger partial charge in [-0.1, -0.05) is 18.2 Å². The van der Waals surface area contributed by atoms with Gasteiger partial charge < -0.3 is 9.73 Å². The zero-order valence-corrected chi connectivity index (χ0v) is 15.2. The summed E-state index contributed by atoms with van der Waals surface area (Å²) in [5, 5.41) is 4.70. The van der Waals surface area contributed by atoms with Crippen molar-refractivity contribution in [2.24, 2.45) is 0 Å². The molecule has 0 saturated carbocycles. The van der Waals surface area contributed by atoms with Gasteiger partial charge in [0.1, 0.15) is 5.76 Å². The predicted molar refractivity (Wildman–Crippen MR) is 102 cm³/mol. The molecule has 0 aliphatic carbocycles. The van der Waals surface area contributed by atoms with Gasteiger partial charge in [0.25, 0.3) is 0 Å². The number of nitrogens with one attached hydrogen (secondary N) is 2. The quantitative estimate of drug-likeness (QED) is 0.595. The highest BCUT2D eigenvalue weighted by Crippen LogP contribution is 2.21. The Balaban J connectivity index is 1.55. The molecule has 1 unspecified atom stereocenters. The number of furan rings is 1. The van der Waals surface area contributed by atoms with Gasteiger partial charge in [-0.15, -0.1) is 0 Å². The zero-order valence-electron chi connectivity index (χ0n) is 14.4. The Morgan fingerprint density at radius 2 is 2.08 bits per heavy atom. The highest BCUT2D eigenvalue weighted by molar-refractivity contribution is 7.89. The zero-order chi connectivity index (χ0) is 18.4.